The Hall–Kier alpha value is -2.13. The number of carbonyl (C=O) groups is 1. The van der Waals surface area contributed by atoms with Crippen LogP contribution >= 0.6 is 23.5 Å². The molecule has 158 valence electrons. The van der Waals surface area contributed by atoms with Crippen molar-refractivity contribution < 1.29 is 23.1 Å². The molecule has 0 saturated carbocycles. The SMILES string of the molecule is CSc1ccnc2c1c(Sc1ccc(C(F)(F)F)cc1)c1n2CCCC1CC(=O)O. The molecule has 0 radical (unpaired) electrons. The number of fused-ring (bicyclic) bond motifs is 3. The lowest BCUT2D eigenvalue weighted by molar-refractivity contribution is -0.138. The number of pyridine rings is 1. The van der Waals surface area contributed by atoms with Crippen molar-refractivity contribution in [2.24, 2.45) is 0 Å². The van der Waals surface area contributed by atoms with Gasteiger partial charge in [0.25, 0.3) is 0 Å². The molecule has 9 heteroatoms. The van der Waals surface area contributed by atoms with Crippen LogP contribution in [0, 0.1) is 0 Å². The molecule has 4 rings (SSSR count). The van der Waals surface area contributed by atoms with Crippen molar-refractivity contribution in [3.05, 3.63) is 47.8 Å². The standard InChI is InChI=1S/C21H19F3N2O2S2/c1-29-15-8-9-25-20-17(15)19(18-12(11-16(27)28)3-2-10-26(18)20)30-14-6-4-13(5-7-14)21(22,23)24/h4-9,12H,2-3,10-11H2,1H3,(H,27,28). The average molecular weight is 453 g/mol. The lowest BCUT2D eigenvalue weighted by Crippen LogP contribution is -2.18. The van der Waals surface area contributed by atoms with E-state index in [-0.39, 0.29) is 12.3 Å². The molecule has 3 aromatic rings. The van der Waals surface area contributed by atoms with Gasteiger partial charge in [-0.05, 0) is 49.4 Å². The van der Waals surface area contributed by atoms with E-state index in [4.69, 9.17) is 0 Å². The highest BCUT2D eigenvalue weighted by Gasteiger charge is 2.32. The fraction of sp³-hybridized carbons (Fsp3) is 0.333. The number of aryl methyl sites for hydroxylation is 1. The van der Waals surface area contributed by atoms with Crippen LogP contribution in [0.5, 0.6) is 0 Å². The maximum atomic E-state index is 12.9. The van der Waals surface area contributed by atoms with Gasteiger partial charge in [-0.25, -0.2) is 4.98 Å². The average Bonchev–Trinajstić information content (AvgIpc) is 3.02. The van der Waals surface area contributed by atoms with Crippen molar-refractivity contribution in [1.29, 1.82) is 0 Å². The second-order valence-corrected chi connectivity index (χ2v) is 9.07. The third kappa shape index (κ3) is 3.92. The van der Waals surface area contributed by atoms with E-state index in [9.17, 15) is 23.1 Å². The normalized spacial score (nSPS) is 16.6. The van der Waals surface area contributed by atoms with Crippen molar-refractivity contribution in [2.45, 2.75) is 52.6 Å². The van der Waals surface area contributed by atoms with Gasteiger partial charge in [-0.15, -0.1) is 11.8 Å². The molecule has 0 fully saturated rings. The first kappa shape index (κ1) is 21.1. The molecule has 1 N–H and O–H groups in total. The van der Waals surface area contributed by atoms with E-state index < -0.39 is 17.7 Å². The largest absolute Gasteiger partial charge is 0.481 e. The van der Waals surface area contributed by atoms with Crippen LogP contribution in [-0.4, -0.2) is 26.9 Å². The van der Waals surface area contributed by atoms with Crippen molar-refractivity contribution in [3.8, 4) is 0 Å². The molecule has 0 saturated heterocycles. The van der Waals surface area contributed by atoms with Crippen LogP contribution in [0.4, 0.5) is 13.2 Å². The van der Waals surface area contributed by atoms with Gasteiger partial charge >= 0.3 is 12.1 Å². The van der Waals surface area contributed by atoms with Crippen LogP contribution in [0.15, 0.2) is 51.2 Å². The van der Waals surface area contributed by atoms with Crippen LogP contribution < -0.4 is 0 Å². The highest BCUT2D eigenvalue weighted by atomic mass is 32.2. The predicted molar refractivity (Wildman–Crippen MR) is 111 cm³/mol. The van der Waals surface area contributed by atoms with Gasteiger partial charge in [0.05, 0.1) is 12.0 Å². The summed E-state index contributed by atoms with van der Waals surface area (Å²) in [6, 6.07) is 7.01. The van der Waals surface area contributed by atoms with Crippen molar-refractivity contribution in [3.63, 3.8) is 0 Å². The number of thioether (sulfide) groups is 1. The minimum Gasteiger partial charge on any atom is -0.481 e. The first-order valence-electron chi connectivity index (χ1n) is 9.41. The van der Waals surface area contributed by atoms with E-state index in [1.165, 1.54) is 23.9 Å². The number of hydrogen-bond acceptors (Lipinski definition) is 4. The number of nitrogens with zero attached hydrogens (tertiary/aromatic N) is 2. The summed E-state index contributed by atoms with van der Waals surface area (Å²) in [6.07, 6.45) is 0.975. The summed E-state index contributed by atoms with van der Waals surface area (Å²) in [5.74, 6) is -1.01. The number of rotatable bonds is 5. The fourth-order valence-electron chi connectivity index (χ4n) is 3.99. The zero-order valence-corrected chi connectivity index (χ0v) is 17.7. The Bertz CT molecular complexity index is 1090. The van der Waals surface area contributed by atoms with Crippen LogP contribution in [0.25, 0.3) is 11.0 Å². The maximum absolute atomic E-state index is 12.9. The summed E-state index contributed by atoms with van der Waals surface area (Å²) >= 11 is 2.96. The second-order valence-electron chi connectivity index (χ2n) is 7.14. The number of benzene rings is 1. The number of carboxylic acid groups (broad SMARTS) is 1. The first-order valence-corrected chi connectivity index (χ1v) is 11.5. The molecule has 1 atom stereocenters. The van der Waals surface area contributed by atoms with E-state index >= 15 is 0 Å². The van der Waals surface area contributed by atoms with Gasteiger partial charge in [-0.1, -0.05) is 11.8 Å². The Kier molecular flexibility index (Phi) is 5.76. The summed E-state index contributed by atoms with van der Waals surface area (Å²) in [6.45, 7) is 0.750. The Morgan fingerprint density at radius 1 is 1.27 bits per heavy atom. The molecular formula is C21H19F3N2O2S2. The Labute approximate surface area is 179 Å². The minimum atomic E-state index is -4.38. The van der Waals surface area contributed by atoms with Crippen LogP contribution in [0.3, 0.4) is 0 Å². The molecule has 1 aliphatic rings. The van der Waals surface area contributed by atoms with Crippen LogP contribution in [0.1, 0.15) is 36.4 Å². The highest BCUT2D eigenvalue weighted by Crippen LogP contribution is 2.47. The highest BCUT2D eigenvalue weighted by molar-refractivity contribution is 8.00. The Balaban J connectivity index is 1.86. The molecule has 4 nitrogen and oxygen atoms in total. The maximum Gasteiger partial charge on any atom is 0.416 e. The summed E-state index contributed by atoms with van der Waals surface area (Å²) < 4.78 is 40.9. The van der Waals surface area contributed by atoms with E-state index in [0.717, 1.165) is 58.0 Å². The quantitative estimate of drug-likeness (QED) is 0.462. The topological polar surface area (TPSA) is 55.1 Å². The third-order valence-corrected chi connectivity index (χ3v) is 7.17. The number of hydrogen-bond donors (Lipinski definition) is 1. The summed E-state index contributed by atoms with van der Waals surface area (Å²) in [5.41, 5.74) is 1.05. The Morgan fingerprint density at radius 2 is 2.00 bits per heavy atom. The summed E-state index contributed by atoms with van der Waals surface area (Å²) in [7, 11) is 0. The number of carboxylic acids is 1. The summed E-state index contributed by atoms with van der Waals surface area (Å²) in [4.78, 5) is 18.6. The van der Waals surface area contributed by atoms with Gasteiger partial charge in [0.2, 0.25) is 0 Å². The molecular weight excluding hydrogens is 433 g/mol. The monoisotopic (exact) mass is 452 g/mol. The molecule has 0 aliphatic carbocycles. The van der Waals surface area contributed by atoms with Crippen LogP contribution in [-0.2, 0) is 17.5 Å². The molecule has 3 heterocycles. The first-order chi connectivity index (χ1) is 14.3. The zero-order valence-electron chi connectivity index (χ0n) is 16.1. The molecule has 0 spiro atoms. The number of alkyl halides is 3. The van der Waals surface area contributed by atoms with Crippen molar-refractivity contribution >= 4 is 40.5 Å². The molecule has 0 bridgehead atoms. The predicted octanol–water partition coefficient (Wildman–Crippen LogP) is 6.28. The number of halogens is 3. The van der Waals surface area contributed by atoms with Gasteiger partial charge in [-0.3, -0.25) is 4.79 Å². The Morgan fingerprint density at radius 3 is 2.63 bits per heavy atom. The van der Waals surface area contributed by atoms with E-state index in [1.54, 1.807) is 18.0 Å². The van der Waals surface area contributed by atoms with Gasteiger partial charge in [0.15, 0.2) is 0 Å². The molecule has 1 aliphatic heterocycles. The third-order valence-electron chi connectivity index (χ3n) is 5.26. The number of aliphatic carboxylic acids is 1. The van der Waals surface area contributed by atoms with Gasteiger partial charge in [0, 0.05) is 44.4 Å². The molecule has 2 aromatic heterocycles. The number of aromatic nitrogens is 2. The van der Waals surface area contributed by atoms with Crippen LogP contribution in [0.2, 0.25) is 0 Å². The van der Waals surface area contributed by atoms with Gasteiger partial charge < -0.3 is 9.67 Å². The molecule has 30 heavy (non-hydrogen) atoms. The van der Waals surface area contributed by atoms with Gasteiger partial charge in [-0.2, -0.15) is 13.2 Å². The van der Waals surface area contributed by atoms with Crippen molar-refractivity contribution in [1.82, 2.24) is 9.55 Å². The smallest absolute Gasteiger partial charge is 0.416 e. The zero-order chi connectivity index (χ0) is 21.5. The molecule has 1 unspecified atom stereocenters. The van der Waals surface area contributed by atoms with E-state index in [1.807, 2.05) is 12.3 Å². The fourth-order valence-corrected chi connectivity index (χ4v) is 5.85. The van der Waals surface area contributed by atoms with E-state index in [0.29, 0.717) is 4.90 Å². The van der Waals surface area contributed by atoms with Crippen molar-refractivity contribution in [2.75, 3.05) is 6.26 Å². The minimum absolute atomic E-state index is 0.0193. The second kappa shape index (κ2) is 8.19. The van der Waals surface area contributed by atoms with Gasteiger partial charge in [0.1, 0.15) is 5.65 Å². The molecule has 0 amide bonds. The summed E-state index contributed by atoms with van der Waals surface area (Å²) in [5, 5.41) is 10.4. The lowest BCUT2D eigenvalue weighted by Gasteiger charge is -2.25. The van der Waals surface area contributed by atoms with E-state index in [2.05, 4.69) is 9.55 Å². The molecule has 1 aromatic carbocycles. The lowest BCUT2D eigenvalue weighted by atomic mass is 9.93.